The van der Waals surface area contributed by atoms with Gasteiger partial charge in [0.15, 0.2) is 0 Å². The Kier molecular flexibility index (Phi) is 3.30. The van der Waals surface area contributed by atoms with Crippen molar-refractivity contribution in [1.82, 2.24) is 4.98 Å². The molecule has 1 fully saturated rings. The molecule has 1 aliphatic rings. The second-order valence-electron chi connectivity index (χ2n) is 4.71. The molecule has 0 bridgehead atoms. The Morgan fingerprint density at radius 1 is 1.53 bits per heavy atom. The number of hydrogen-bond donors (Lipinski definition) is 1. The first kappa shape index (κ1) is 11.9. The van der Waals surface area contributed by atoms with Crippen molar-refractivity contribution >= 4 is 5.82 Å². The van der Waals surface area contributed by atoms with Crippen molar-refractivity contribution in [3.63, 3.8) is 0 Å². The third-order valence-corrected chi connectivity index (χ3v) is 3.29. The Balaban J connectivity index is 2.28. The summed E-state index contributed by atoms with van der Waals surface area (Å²) in [5.74, 6) is 0.976. The summed E-state index contributed by atoms with van der Waals surface area (Å²) >= 11 is 0. The third kappa shape index (κ3) is 2.40. The lowest BCUT2D eigenvalue weighted by molar-refractivity contribution is 0.0968. The van der Waals surface area contributed by atoms with Crippen LogP contribution in [-0.4, -0.2) is 29.3 Å². The fourth-order valence-corrected chi connectivity index (χ4v) is 2.20. The zero-order chi connectivity index (χ0) is 12.4. The number of rotatable bonds is 1. The van der Waals surface area contributed by atoms with Gasteiger partial charge >= 0.3 is 0 Å². The average molecular weight is 231 g/mol. The Morgan fingerprint density at radius 3 is 2.94 bits per heavy atom. The number of aryl methyl sites for hydroxylation is 1. The molecule has 2 heterocycles. The predicted octanol–water partition coefficient (Wildman–Crippen LogP) is 1.47. The monoisotopic (exact) mass is 231 g/mol. The molecule has 1 aliphatic heterocycles. The van der Waals surface area contributed by atoms with Gasteiger partial charge in [0, 0.05) is 18.8 Å². The minimum atomic E-state index is -0.235. The molecule has 4 nitrogen and oxygen atoms in total. The van der Waals surface area contributed by atoms with Crippen LogP contribution in [0.2, 0.25) is 0 Å². The van der Waals surface area contributed by atoms with Crippen LogP contribution in [0.1, 0.15) is 24.6 Å². The number of pyridine rings is 1. The molecule has 17 heavy (non-hydrogen) atoms. The Bertz CT molecular complexity index is 452. The average Bonchev–Trinajstić information content (AvgIpc) is 2.32. The smallest absolute Gasteiger partial charge is 0.146 e. The van der Waals surface area contributed by atoms with E-state index in [4.69, 9.17) is 5.26 Å². The lowest BCUT2D eigenvalue weighted by Crippen LogP contribution is -2.42. The number of hydrogen-bond acceptors (Lipinski definition) is 4. The van der Waals surface area contributed by atoms with Crippen LogP contribution < -0.4 is 4.90 Å². The van der Waals surface area contributed by atoms with Crippen molar-refractivity contribution in [1.29, 1.82) is 5.26 Å². The third-order valence-electron chi connectivity index (χ3n) is 3.29. The van der Waals surface area contributed by atoms with Gasteiger partial charge in [-0.15, -0.1) is 0 Å². The summed E-state index contributed by atoms with van der Waals surface area (Å²) in [5, 5.41) is 18.8. The number of aromatic nitrogens is 1. The summed E-state index contributed by atoms with van der Waals surface area (Å²) in [5.41, 5.74) is 1.52. The fourth-order valence-electron chi connectivity index (χ4n) is 2.20. The molecule has 2 unspecified atom stereocenters. The number of anilines is 1. The molecule has 4 heteroatoms. The summed E-state index contributed by atoms with van der Waals surface area (Å²) in [6.45, 7) is 5.47. The molecule has 2 rings (SSSR count). The maximum absolute atomic E-state index is 9.71. The van der Waals surface area contributed by atoms with Crippen LogP contribution in [0.4, 0.5) is 5.82 Å². The van der Waals surface area contributed by atoms with Crippen molar-refractivity contribution in [3.8, 4) is 6.07 Å². The first-order chi connectivity index (χ1) is 8.11. The Morgan fingerprint density at radius 2 is 2.29 bits per heavy atom. The van der Waals surface area contributed by atoms with Crippen LogP contribution in [-0.2, 0) is 0 Å². The lowest BCUT2D eigenvalue weighted by atomic mass is 9.96. The first-order valence-electron chi connectivity index (χ1n) is 5.92. The minimum Gasteiger partial charge on any atom is -0.393 e. The highest BCUT2D eigenvalue weighted by molar-refractivity contribution is 5.54. The van der Waals surface area contributed by atoms with Gasteiger partial charge in [0.05, 0.1) is 11.7 Å². The van der Waals surface area contributed by atoms with Gasteiger partial charge in [0.1, 0.15) is 11.9 Å². The van der Waals surface area contributed by atoms with E-state index >= 15 is 0 Å². The molecule has 0 aliphatic carbocycles. The Hall–Kier alpha value is -1.60. The number of aliphatic hydroxyl groups is 1. The van der Waals surface area contributed by atoms with E-state index in [-0.39, 0.29) is 12.0 Å². The van der Waals surface area contributed by atoms with Crippen LogP contribution in [0, 0.1) is 24.2 Å². The van der Waals surface area contributed by atoms with Crippen molar-refractivity contribution in [3.05, 3.63) is 23.4 Å². The second-order valence-corrected chi connectivity index (χ2v) is 4.71. The van der Waals surface area contributed by atoms with Gasteiger partial charge in [-0.25, -0.2) is 4.98 Å². The molecule has 1 aromatic heterocycles. The van der Waals surface area contributed by atoms with Gasteiger partial charge in [-0.2, -0.15) is 5.26 Å². The van der Waals surface area contributed by atoms with E-state index in [0.717, 1.165) is 31.0 Å². The largest absolute Gasteiger partial charge is 0.393 e. The predicted molar refractivity (Wildman–Crippen MR) is 65.7 cm³/mol. The Labute approximate surface area is 102 Å². The second kappa shape index (κ2) is 4.72. The van der Waals surface area contributed by atoms with Gasteiger partial charge in [-0.3, -0.25) is 0 Å². The van der Waals surface area contributed by atoms with Crippen LogP contribution in [0.5, 0.6) is 0 Å². The zero-order valence-electron chi connectivity index (χ0n) is 10.2. The number of nitriles is 1. The summed E-state index contributed by atoms with van der Waals surface area (Å²) in [4.78, 5) is 6.55. The van der Waals surface area contributed by atoms with Crippen LogP contribution in [0.15, 0.2) is 12.1 Å². The summed E-state index contributed by atoms with van der Waals surface area (Å²) < 4.78 is 0. The van der Waals surface area contributed by atoms with Crippen LogP contribution in [0.3, 0.4) is 0 Å². The zero-order valence-corrected chi connectivity index (χ0v) is 10.2. The van der Waals surface area contributed by atoms with Gasteiger partial charge in [-0.1, -0.05) is 6.92 Å². The highest BCUT2D eigenvalue weighted by Crippen LogP contribution is 2.24. The standard InChI is InChI=1S/C13H17N3O/c1-9-8-16(6-5-12(9)17)13-11(7-14)4-3-10(2)15-13/h3-4,9,12,17H,5-6,8H2,1-2H3. The summed E-state index contributed by atoms with van der Waals surface area (Å²) in [6.07, 6.45) is 0.503. The molecule has 90 valence electrons. The quantitative estimate of drug-likeness (QED) is 0.795. The molecule has 0 radical (unpaired) electrons. The normalized spacial score (nSPS) is 24.5. The van der Waals surface area contributed by atoms with Gasteiger partial charge in [-0.05, 0) is 31.4 Å². The fraction of sp³-hybridized carbons (Fsp3) is 0.538. The molecule has 1 N–H and O–H groups in total. The highest BCUT2D eigenvalue weighted by atomic mass is 16.3. The van der Waals surface area contributed by atoms with E-state index in [2.05, 4.69) is 16.0 Å². The topological polar surface area (TPSA) is 60.2 Å². The molecule has 0 aromatic carbocycles. The van der Waals surface area contributed by atoms with Crippen molar-refractivity contribution < 1.29 is 5.11 Å². The highest BCUT2D eigenvalue weighted by Gasteiger charge is 2.26. The van der Waals surface area contributed by atoms with E-state index in [1.165, 1.54) is 0 Å². The SMILES string of the molecule is Cc1ccc(C#N)c(N2CCC(O)C(C)C2)n1. The molecule has 2 atom stereocenters. The molecule has 0 saturated carbocycles. The van der Waals surface area contributed by atoms with E-state index in [0.29, 0.717) is 5.56 Å². The molecule has 1 saturated heterocycles. The number of aliphatic hydroxyl groups excluding tert-OH is 1. The van der Waals surface area contributed by atoms with E-state index in [1.807, 2.05) is 26.0 Å². The molecular weight excluding hydrogens is 214 g/mol. The molecule has 0 spiro atoms. The van der Waals surface area contributed by atoms with E-state index in [9.17, 15) is 5.11 Å². The summed E-state index contributed by atoms with van der Waals surface area (Å²) in [7, 11) is 0. The maximum atomic E-state index is 9.71. The lowest BCUT2D eigenvalue weighted by Gasteiger charge is -2.35. The minimum absolute atomic E-state index is 0.220. The van der Waals surface area contributed by atoms with Crippen molar-refractivity contribution in [2.75, 3.05) is 18.0 Å². The van der Waals surface area contributed by atoms with E-state index < -0.39 is 0 Å². The molecule has 0 amide bonds. The van der Waals surface area contributed by atoms with Crippen LogP contribution in [0.25, 0.3) is 0 Å². The maximum Gasteiger partial charge on any atom is 0.146 e. The first-order valence-corrected chi connectivity index (χ1v) is 5.92. The van der Waals surface area contributed by atoms with Crippen LogP contribution >= 0.6 is 0 Å². The molecule has 1 aromatic rings. The van der Waals surface area contributed by atoms with E-state index in [1.54, 1.807) is 0 Å². The molecular formula is C13H17N3O. The summed E-state index contributed by atoms with van der Waals surface area (Å²) in [6, 6.07) is 5.84. The number of piperidine rings is 1. The van der Waals surface area contributed by atoms with Crippen molar-refractivity contribution in [2.24, 2.45) is 5.92 Å². The van der Waals surface area contributed by atoms with Gasteiger partial charge in [0.25, 0.3) is 0 Å². The number of nitrogens with zero attached hydrogens (tertiary/aromatic N) is 3. The van der Waals surface area contributed by atoms with Gasteiger partial charge < -0.3 is 10.0 Å². The van der Waals surface area contributed by atoms with Gasteiger partial charge in [0.2, 0.25) is 0 Å². The van der Waals surface area contributed by atoms with Crippen molar-refractivity contribution in [2.45, 2.75) is 26.4 Å².